The van der Waals surface area contributed by atoms with Crippen LogP contribution in [0.1, 0.15) is 34.4 Å². The molecule has 1 saturated heterocycles. The molecule has 0 radical (unpaired) electrons. The lowest BCUT2D eigenvalue weighted by atomic mass is 10.2. The van der Waals surface area contributed by atoms with Crippen molar-refractivity contribution in [2.75, 3.05) is 19.5 Å². The summed E-state index contributed by atoms with van der Waals surface area (Å²) in [6.45, 7) is 0.748. The first kappa shape index (κ1) is 10.4. The lowest BCUT2D eigenvalue weighted by Gasteiger charge is -2.02. The van der Waals surface area contributed by atoms with Crippen molar-refractivity contribution in [3.05, 3.63) is 10.7 Å². The zero-order valence-corrected chi connectivity index (χ0v) is 9.17. The number of hydrogen-bond acceptors (Lipinski definition) is 6. The Kier molecular flexibility index (Phi) is 2.88. The molecule has 1 aromatic heterocycles. The van der Waals surface area contributed by atoms with E-state index in [2.05, 4.69) is 9.72 Å². The minimum atomic E-state index is -0.493. The summed E-state index contributed by atoms with van der Waals surface area (Å²) in [5, 5.41) is 1.16. The van der Waals surface area contributed by atoms with E-state index in [1.165, 1.54) is 18.4 Å². The van der Waals surface area contributed by atoms with Gasteiger partial charge in [0, 0.05) is 6.61 Å². The van der Waals surface area contributed by atoms with Crippen molar-refractivity contribution < 1.29 is 14.3 Å². The quantitative estimate of drug-likeness (QED) is 0.774. The molecule has 1 aliphatic heterocycles. The van der Waals surface area contributed by atoms with Crippen LogP contribution in [-0.2, 0) is 9.47 Å². The van der Waals surface area contributed by atoms with Gasteiger partial charge >= 0.3 is 5.97 Å². The minimum Gasteiger partial charge on any atom is -0.464 e. The highest BCUT2D eigenvalue weighted by Crippen LogP contribution is 2.34. The standard InChI is InChI=1S/C9H12N2O3S/c1-13-9(12)6-7(10)15-8(11-6)5-3-2-4-14-5/h5H,2-4,10H2,1H3. The van der Waals surface area contributed by atoms with E-state index in [-0.39, 0.29) is 11.8 Å². The molecule has 1 aromatic rings. The summed E-state index contributed by atoms with van der Waals surface area (Å²) in [5.74, 6) is -0.493. The number of carbonyl (C=O) groups excluding carboxylic acids is 1. The van der Waals surface area contributed by atoms with Gasteiger partial charge in [-0.1, -0.05) is 11.3 Å². The number of carbonyl (C=O) groups is 1. The van der Waals surface area contributed by atoms with Crippen LogP contribution in [0.25, 0.3) is 0 Å². The number of nitrogen functional groups attached to an aromatic ring is 1. The maximum absolute atomic E-state index is 11.3. The molecule has 0 saturated carbocycles. The highest BCUT2D eigenvalue weighted by atomic mass is 32.1. The highest BCUT2D eigenvalue weighted by molar-refractivity contribution is 7.16. The Labute approximate surface area is 91.2 Å². The molecule has 15 heavy (non-hydrogen) atoms. The number of anilines is 1. The van der Waals surface area contributed by atoms with Crippen LogP contribution in [0.15, 0.2) is 0 Å². The molecule has 5 nitrogen and oxygen atoms in total. The second-order valence-corrected chi connectivity index (χ2v) is 4.32. The molecular formula is C9H12N2O3S. The largest absolute Gasteiger partial charge is 0.464 e. The summed E-state index contributed by atoms with van der Waals surface area (Å²) in [6, 6.07) is 0. The molecule has 6 heteroatoms. The molecule has 0 aliphatic carbocycles. The molecule has 0 spiro atoms. The maximum Gasteiger partial charge on any atom is 0.359 e. The number of ether oxygens (including phenoxy) is 2. The van der Waals surface area contributed by atoms with E-state index < -0.39 is 5.97 Å². The van der Waals surface area contributed by atoms with Crippen molar-refractivity contribution in [3.63, 3.8) is 0 Å². The third kappa shape index (κ3) is 1.95. The molecule has 0 amide bonds. The van der Waals surface area contributed by atoms with Crippen LogP contribution in [0.4, 0.5) is 5.00 Å². The second-order valence-electron chi connectivity index (χ2n) is 3.26. The van der Waals surface area contributed by atoms with Crippen LogP contribution in [0.2, 0.25) is 0 Å². The van der Waals surface area contributed by atoms with E-state index in [4.69, 9.17) is 10.5 Å². The molecule has 0 bridgehead atoms. The zero-order chi connectivity index (χ0) is 10.8. The van der Waals surface area contributed by atoms with Crippen molar-refractivity contribution in [1.82, 2.24) is 4.98 Å². The van der Waals surface area contributed by atoms with Crippen LogP contribution in [0.3, 0.4) is 0 Å². The number of methoxy groups -OCH3 is 1. The lowest BCUT2D eigenvalue weighted by molar-refractivity contribution is 0.0594. The van der Waals surface area contributed by atoms with Crippen LogP contribution in [0, 0.1) is 0 Å². The van der Waals surface area contributed by atoms with Gasteiger partial charge < -0.3 is 15.2 Å². The van der Waals surface area contributed by atoms with E-state index in [0.29, 0.717) is 5.00 Å². The predicted molar refractivity (Wildman–Crippen MR) is 55.8 cm³/mol. The fraction of sp³-hybridized carbons (Fsp3) is 0.556. The average Bonchev–Trinajstić information content (AvgIpc) is 2.84. The van der Waals surface area contributed by atoms with Gasteiger partial charge in [-0.2, -0.15) is 0 Å². The third-order valence-corrected chi connectivity index (χ3v) is 3.23. The molecule has 82 valence electrons. The first-order valence-electron chi connectivity index (χ1n) is 4.68. The summed E-state index contributed by atoms with van der Waals surface area (Å²) in [7, 11) is 1.31. The van der Waals surface area contributed by atoms with Crippen molar-refractivity contribution in [2.24, 2.45) is 0 Å². The zero-order valence-electron chi connectivity index (χ0n) is 8.36. The van der Waals surface area contributed by atoms with E-state index in [9.17, 15) is 4.79 Å². The van der Waals surface area contributed by atoms with Crippen molar-refractivity contribution in [1.29, 1.82) is 0 Å². The molecule has 1 unspecified atom stereocenters. The Bertz CT molecular complexity index is 371. The van der Waals surface area contributed by atoms with E-state index in [0.717, 1.165) is 24.5 Å². The highest BCUT2D eigenvalue weighted by Gasteiger charge is 2.25. The first-order valence-corrected chi connectivity index (χ1v) is 5.50. The molecule has 1 atom stereocenters. The third-order valence-electron chi connectivity index (χ3n) is 2.25. The van der Waals surface area contributed by atoms with Crippen molar-refractivity contribution in [2.45, 2.75) is 18.9 Å². The molecule has 2 rings (SSSR count). The van der Waals surface area contributed by atoms with E-state index in [1.54, 1.807) is 0 Å². The van der Waals surface area contributed by atoms with Gasteiger partial charge in [-0.05, 0) is 12.8 Å². The fourth-order valence-electron chi connectivity index (χ4n) is 1.50. The van der Waals surface area contributed by atoms with Gasteiger partial charge in [0.2, 0.25) is 0 Å². The Balaban J connectivity index is 2.23. The van der Waals surface area contributed by atoms with Gasteiger partial charge in [-0.25, -0.2) is 9.78 Å². The summed E-state index contributed by atoms with van der Waals surface area (Å²) < 4.78 is 10.0. The molecule has 1 aliphatic rings. The van der Waals surface area contributed by atoms with Gasteiger partial charge in [0.15, 0.2) is 5.69 Å². The van der Waals surface area contributed by atoms with Crippen molar-refractivity contribution in [3.8, 4) is 0 Å². The van der Waals surface area contributed by atoms with Gasteiger partial charge in [0.1, 0.15) is 16.1 Å². The summed E-state index contributed by atoms with van der Waals surface area (Å²) in [6.07, 6.45) is 1.96. The smallest absolute Gasteiger partial charge is 0.359 e. The Morgan fingerprint density at radius 2 is 2.53 bits per heavy atom. The van der Waals surface area contributed by atoms with Crippen molar-refractivity contribution >= 4 is 22.3 Å². The van der Waals surface area contributed by atoms with E-state index >= 15 is 0 Å². The normalized spacial score (nSPS) is 20.5. The van der Waals surface area contributed by atoms with Gasteiger partial charge in [0.25, 0.3) is 0 Å². The number of hydrogen-bond donors (Lipinski definition) is 1. The number of thiazole rings is 1. The summed E-state index contributed by atoms with van der Waals surface area (Å²) in [4.78, 5) is 15.4. The number of esters is 1. The molecule has 2 N–H and O–H groups in total. The van der Waals surface area contributed by atoms with Crippen LogP contribution in [-0.4, -0.2) is 24.7 Å². The number of nitrogens with two attached hydrogens (primary N) is 1. The molecule has 1 fully saturated rings. The Hall–Kier alpha value is -1.14. The first-order chi connectivity index (χ1) is 7.22. The molecular weight excluding hydrogens is 216 g/mol. The van der Waals surface area contributed by atoms with Gasteiger partial charge in [0.05, 0.1) is 7.11 Å². The average molecular weight is 228 g/mol. The minimum absolute atomic E-state index is 0.00398. The summed E-state index contributed by atoms with van der Waals surface area (Å²) in [5.41, 5.74) is 5.89. The van der Waals surface area contributed by atoms with Gasteiger partial charge in [-0.3, -0.25) is 0 Å². The van der Waals surface area contributed by atoms with Crippen LogP contribution < -0.4 is 5.73 Å². The number of aromatic nitrogens is 1. The topological polar surface area (TPSA) is 74.4 Å². The maximum atomic E-state index is 11.3. The predicted octanol–water partition coefficient (Wildman–Crippen LogP) is 1.36. The molecule has 0 aromatic carbocycles. The fourth-order valence-corrected chi connectivity index (χ4v) is 2.41. The SMILES string of the molecule is COC(=O)c1nc(C2CCCO2)sc1N. The Morgan fingerprint density at radius 3 is 3.13 bits per heavy atom. The Morgan fingerprint density at radius 1 is 1.73 bits per heavy atom. The number of rotatable bonds is 2. The number of nitrogens with zero attached hydrogens (tertiary/aromatic N) is 1. The second kappa shape index (κ2) is 4.16. The van der Waals surface area contributed by atoms with Crippen LogP contribution >= 0.6 is 11.3 Å². The molecule has 2 heterocycles. The van der Waals surface area contributed by atoms with E-state index in [1.807, 2.05) is 0 Å². The lowest BCUT2D eigenvalue weighted by Crippen LogP contribution is -2.05. The monoisotopic (exact) mass is 228 g/mol. The van der Waals surface area contributed by atoms with Crippen LogP contribution in [0.5, 0.6) is 0 Å². The van der Waals surface area contributed by atoms with Gasteiger partial charge in [-0.15, -0.1) is 0 Å². The summed E-state index contributed by atoms with van der Waals surface area (Å²) >= 11 is 1.30.